The number of benzene rings is 1. The molecule has 0 aliphatic heterocycles. The molecule has 0 spiro atoms. The lowest BCUT2D eigenvalue weighted by atomic mass is 10.2. The van der Waals surface area contributed by atoms with Gasteiger partial charge in [-0.05, 0) is 30.3 Å². The summed E-state index contributed by atoms with van der Waals surface area (Å²) in [5, 5.41) is 0. The molecule has 1 aromatic carbocycles. The fourth-order valence-electron chi connectivity index (χ4n) is 1.67. The molecule has 19 heavy (non-hydrogen) atoms. The van der Waals surface area contributed by atoms with Crippen LogP contribution in [0.1, 0.15) is 16.1 Å². The van der Waals surface area contributed by atoms with E-state index >= 15 is 0 Å². The van der Waals surface area contributed by atoms with Gasteiger partial charge in [0.05, 0.1) is 17.8 Å². The Balaban J connectivity index is 2.15. The van der Waals surface area contributed by atoms with Crippen LogP contribution >= 0.6 is 15.9 Å². The molecule has 0 saturated heterocycles. The Morgan fingerprint density at radius 2 is 2.16 bits per heavy atom. The van der Waals surface area contributed by atoms with Crippen molar-refractivity contribution in [1.82, 2.24) is 9.88 Å². The van der Waals surface area contributed by atoms with Crippen LogP contribution in [-0.4, -0.2) is 22.8 Å². The smallest absolute Gasteiger partial charge is 0.256 e. The fraction of sp³-hybridized carbons (Fsp3) is 0.143. The van der Waals surface area contributed by atoms with Crippen molar-refractivity contribution in [2.24, 2.45) is 0 Å². The zero-order chi connectivity index (χ0) is 13.8. The van der Waals surface area contributed by atoms with Gasteiger partial charge in [0.15, 0.2) is 0 Å². The molecule has 0 radical (unpaired) electrons. The summed E-state index contributed by atoms with van der Waals surface area (Å²) in [5.74, 6) is -0.900. The van der Waals surface area contributed by atoms with Crippen LogP contribution in [0.5, 0.6) is 0 Å². The number of carbonyl (C=O) groups is 1. The Morgan fingerprint density at radius 1 is 1.37 bits per heavy atom. The molecule has 0 saturated carbocycles. The number of amides is 1. The summed E-state index contributed by atoms with van der Waals surface area (Å²) in [6, 6.07) is 9.87. The molecule has 1 aromatic heterocycles. The van der Waals surface area contributed by atoms with Crippen LogP contribution in [0.4, 0.5) is 4.39 Å². The third kappa shape index (κ3) is 3.38. The Kier molecular flexibility index (Phi) is 4.27. The largest absolute Gasteiger partial charge is 0.336 e. The first kappa shape index (κ1) is 13.7. The van der Waals surface area contributed by atoms with Gasteiger partial charge in [0, 0.05) is 17.7 Å². The monoisotopic (exact) mass is 322 g/mol. The van der Waals surface area contributed by atoms with Gasteiger partial charge in [-0.2, -0.15) is 0 Å². The predicted octanol–water partition coefficient (Wildman–Crippen LogP) is 3.26. The summed E-state index contributed by atoms with van der Waals surface area (Å²) in [6.45, 7) is 0.342. The van der Waals surface area contributed by atoms with E-state index in [1.807, 2.05) is 12.1 Å². The second kappa shape index (κ2) is 5.93. The van der Waals surface area contributed by atoms with Gasteiger partial charge in [0.25, 0.3) is 5.91 Å². The topological polar surface area (TPSA) is 33.2 Å². The molecule has 1 heterocycles. The van der Waals surface area contributed by atoms with E-state index in [0.29, 0.717) is 11.0 Å². The summed E-state index contributed by atoms with van der Waals surface area (Å²) in [4.78, 5) is 17.7. The zero-order valence-corrected chi connectivity index (χ0v) is 11.9. The highest BCUT2D eigenvalue weighted by Crippen LogP contribution is 2.17. The van der Waals surface area contributed by atoms with Gasteiger partial charge in [0.1, 0.15) is 5.82 Å². The first-order valence-corrected chi connectivity index (χ1v) is 6.47. The zero-order valence-electron chi connectivity index (χ0n) is 10.3. The molecule has 0 atom stereocenters. The van der Waals surface area contributed by atoms with Crippen LogP contribution in [-0.2, 0) is 6.54 Å². The number of carbonyl (C=O) groups excluding carboxylic acids is 1. The van der Waals surface area contributed by atoms with Crippen molar-refractivity contribution < 1.29 is 9.18 Å². The van der Waals surface area contributed by atoms with Gasteiger partial charge in [0.2, 0.25) is 0 Å². The van der Waals surface area contributed by atoms with Crippen LogP contribution < -0.4 is 0 Å². The van der Waals surface area contributed by atoms with Crippen molar-refractivity contribution in [1.29, 1.82) is 0 Å². The standard InChI is InChI=1S/C14H12BrFN2O/c1-18(9-11-4-2-3-7-17-11)14(19)12-6-5-10(15)8-13(12)16/h2-8H,9H2,1H3. The van der Waals surface area contributed by atoms with Gasteiger partial charge in [-0.25, -0.2) is 4.39 Å². The minimum Gasteiger partial charge on any atom is -0.336 e. The Morgan fingerprint density at radius 3 is 2.79 bits per heavy atom. The lowest BCUT2D eigenvalue weighted by molar-refractivity contribution is 0.0778. The Labute approximate surface area is 119 Å². The van der Waals surface area contributed by atoms with Gasteiger partial charge >= 0.3 is 0 Å². The van der Waals surface area contributed by atoms with E-state index in [-0.39, 0.29) is 11.5 Å². The summed E-state index contributed by atoms with van der Waals surface area (Å²) in [7, 11) is 1.62. The minimum absolute atomic E-state index is 0.0571. The molecule has 5 heteroatoms. The highest BCUT2D eigenvalue weighted by molar-refractivity contribution is 9.10. The third-order valence-electron chi connectivity index (χ3n) is 2.63. The Hall–Kier alpha value is -1.75. The molecule has 0 N–H and O–H groups in total. The number of nitrogens with zero attached hydrogens (tertiary/aromatic N) is 2. The maximum atomic E-state index is 13.7. The molecule has 0 bridgehead atoms. The number of hydrogen-bond acceptors (Lipinski definition) is 2. The molecule has 0 unspecified atom stereocenters. The summed E-state index contributed by atoms with van der Waals surface area (Å²) in [5.41, 5.74) is 0.817. The quantitative estimate of drug-likeness (QED) is 0.869. The molecule has 2 rings (SSSR count). The van der Waals surface area contributed by atoms with Crippen molar-refractivity contribution >= 4 is 21.8 Å². The van der Waals surface area contributed by atoms with Crippen LogP contribution in [0, 0.1) is 5.82 Å². The second-order valence-electron chi connectivity index (χ2n) is 4.11. The maximum Gasteiger partial charge on any atom is 0.256 e. The number of rotatable bonds is 3. The number of hydrogen-bond donors (Lipinski definition) is 0. The predicted molar refractivity (Wildman–Crippen MR) is 74.1 cm³/mol. The molecule has 1 amide bonds. The maximum absolute atomic E-state index is 13.7. The molecular formula is C14H12BrFN2O. The van der Waals surface area contributed by atoms with Crippen LogP contribution in [0.25, 0.3) is 0 Å². The van der Waals surface area contributed by atoms with E-state index in [1.54, 1.807) is 25.4 Å². The van der Waals surface area contributed by atoms with E-state index in [0.717, 1.165) is 5.69 Å². The second-order valence-corrected chi connectivity index (χ2v) is 5.02. The number of halogens is 2. The highest BCUT2D eigenvalue weighted by Gasteiger charge is 2.16. The summed E-state index contributed by atoms with van der Waals surface area (Å²) < 4.78 is 14.3. The minimum atomic E-state index is -0.535. The molecular weight excluding hydrogens is 311 g/mol. The third-order valence-corrected chi connectivity index (χ3v) is 3.13. The van der Waals surface area contributed by atoms with Crippen molar-refractivity contribution in [2.75, 3.05) is 7.05 Å². The normalized spacial score (nSPS) is 10.3. The van der Waals surface area contributed by atoms with Crippen molar-refractivity contribution in [3.8, 4) is 0 Å². The first-order chi connectivity index (χ1) is 9.08. The van der Waals surface area contributed by atoms with E-state index in [2.05, 4.69) is 20.9 Å². The van der Waals surface area contributed by atoms with Gasteiger partial charge in [-0.1, -0.05) is 22.0 Å². The van der Waals surface area contributed by atoms with Gasteiger partial charge in [-0.3, -0.25) is 9.78 Å². The highest BCUT2D eigenvalue weighted by atomic mass is 79.9. The molecule has 0 aliphatic rings. The first-order valence-electron chi connectivity index (χ1n) is 5.68. The van der Waals surface area contributed by atoms with E-state index in [9.17, 15) is 9.18 Å². The summed E-state index contributed by atoms with van der Waals surface area (Å²) >= 11 is 3.16. The van der Waals surface area contributed by atoms with Crippen molar-refractivity contribution in [3.63, 3.8) is 0 Å². The molecule has 2 aromatic rings. The van der Waals surface area contributed by atoms with Crippen molar-refractivity contribution in [3.05, 3.63) is 64.1 Å². The van der Waals surface area contributed by atoms with Crippen LogP contribution in [0.3, 0.4) is 0 Å². The van der Waals surface area contributed by atoms with Crippen molar-refractivity contribution in [2.45, 2.75) is 6.54 Å². The lowest BCUT2D eigenvalue weighted by Crippen LogP contribution is -2.27. The van der Waals surface area contributed by atoms with Crippen LogP contribution in [0.2, 0.25) is 0 Å². The SMILES string of the molecule is CN(Cc1ccccn1)C(=O)c1ccc(Br)cc1F. The Bertz CT molecular complexity index is 589. The fourth-order valence-corrected chi connectivity index (χ4v) is 2.01. The molecule has 3 nitrogen and oxygen atoms in total. The molecule has 0 fully saturated rings. The molecule has 98 valence electrons. The average molecular weight is 323 g/mol. The number of aromatic nitrogens is 1. The average Bonchev–Trinajstić information content (AvgIpc) is 2.39. The van der Waals surface area contributed by atoms with E-state index in [4.69, 9.17) is 0 Å². The van der Waals surface area contributed by atoms with E-state index in [1.165, 1.54) is 17.0 Å². The lowest BCUT2D eigenvalue weighted by Gasteiger charge is -2.17. The molecule has 0 aliphatic carbocycles. The van der Waals surface area contributed by atoms with E-state index < -0.39 is 5.82 Å². The van der Waals surface area contributed by atoms with Gasteiger partial charge in [-0.15, -0.1) is 0 Å². The summed E-state index contributed by atoms with van der Waals surface area (Å²) in [6.07, 6.45) is 1.66. The number of pyridine rings is 1. The van der Waals surface area contributed by atoms with Crippen LogP contribution in [0.15, 0.2) is 47.1 Å². The van der Waals surface area contributed by atoms with Gasteiger partial charge < -0.3 is 4.90 Å².